The van der Waals surface area contributed by atoms with Crippen molar-refractivity contribution in [2.45, 2.75) is 32.5 Å². The van der Waals surface area contributed by atoms with Gasteiger partial charge in [0.1, 0.15) is 5.82 Å². The average Bonchev–Trinajstić information content (AvgIpc) is 2.87. The number of imidazole rings is 1. The Morgan fingerprint density at radius 1 is 1.48 bits per heavy atom. The zero-order valence-electron chi connectivity index (χ0n) is 12.6. The minimum Gasteiger partial charge on any atom is -0.377 e. The Morgan fingerprint density at radius 2 is 2.14 bits per heavy atom. The Morgan fingerprint density at radius 3 is 2.67 bits per heavy atom. The van der Waals surface area contributed by atoms with Crippen LogP contribution >= 0.6 is 24.0 Å². The molecule has 1 aromatic heterocycles. The van der Waals surface area contributed by atoms with E-state index in [2.05, 4.69) is 20.6 Å². The molecule has 0 spiro atoms. The van der Waals surface area contributed by atoms with E-state index in [1.807, 2.05) is 13.8 Å². The average molecular weight is 417 g/mol. The van der Waals surface area contributed by atoms with E-state index in [0.717, 1.165) is 4.57 Å². The first-order chi connectivity index (χ1) is 9.39. The topological polar surface area (TPSA) is 63.5 Å². The summed E-state index contributed by atoms with van der Waals surface area (Å²) in [7, 11) is 3.23. The predicted molar refractivity (Wildman–Crippen MR) is 88.2 cm³/mol. The molecule has 0 saturated carbocycles. The predicted octanol–water partition coefficient (Wildman–Crippen LogP) is 1.99. The summed E-state index contributed by atoms with van der Waals surface area (Å²) in [6.45, 7) is 1.95. The van der Waals surface area contributed by atoms with Gasteiger partial charge < -0.3 is 15.4 Å². The van der Waals surface area contributed by atoms with Crippen LogP contribution in [-0.4, -0.2) is 41.8 Å². The monoisotopic (exact) mass is 417 g/mol. The lowest BCUT2D eigenvalue weighted by Crippen LogP contribution is -2.45. The lowest BCUT2D eigenvalue weighted by atomic mass is 10.1. The van der Waals surface area contributed by atoms with Crippen LogP contribution in [-0.2, 0) is 11.3 Å². The highest BCUT2D eigenvalue weighted by molar-refractivity contribution is 14.0. The smallest absolute Gasteiger partial charge is 0.319 e. The Balaban J connectivity index is 0.00000400. The number of aliphatic imine (C=N–C) groups is 1. The standard InChI is InChI=1S/C12H21F2N5O.HI/c1-12(2,20-4)8-18-11(15-3)17-7-9-16-5-6-19(9)10(13)14;/h5-6,10H,7-8H2,1-4H3,(H2,15,17,18);1H. The van der Waals surface area contributed by atoms with E-state index in [1.54, 1.807) is 14.2 Å². The van der Waals surface area contributed by atoms with Crippen molar-refractivity contribution in [2.24, 2.45) is 4.99 Å². The molecule has 6 nitrogen and oxygen atoms in total. The number of aromatic nitrogens is 2. The van der Waals surface area contributed by atoms with Gasteiger partial charge in [-0.15, -0.1) is 24.0 Å². The summed E-state index contributed by atoms with van der Waals surface area (Å²) in [5.41, 5.74) is -0.348. The second-order valence-electron chi connectivity index (χ2n) is 4.77. The molecule has 0 bridgehead atoms. The van der Waals surface area contributed by atoms with Gasteiger partial charge in [0, 0.05) is 33.1 Å². The van der Waals surface area contributed by atoms with Gasteiger partial charge in [0.05, 0.1) is 12.1 Å². The van der Waals surface area contributed by atoms with Crippen LogP contribution in [0, 0.1) is 0 Å². The summed E-state index contributed by atoms with van der Waals surface area (Å²) in [5.74, 6) is 0.743. The van der Waals surface area contributed by atoms with Crippen molar-refractivity contribution in [1.82, 2.24) is 20.2 Å². The number of alkyl halides is 2. The van der Waals surface area contributed by atoms with Crippen LogP contribution in [0.5, 0.6) is 0 Å². The largest absolute Gasteiger partial charge is 0.377 e. The van der Waals surface area contributed by atoms with Gasteiger partial charge in [-0.2, -0.15) is 8.78 Å². The Bertz CT molecular complexity index is 451. The number of rotatable bonds is 6. The van der Waals surface area contributed by atoms with Gasteiger partial charge in [-0.3, -0.25) is 9.56 Å². The molecule has 0 aliphatic carbocycles. The summed E-state index contributed by atoms with van der Waals surface area (Å²) in [5, 5.41) is 5.99. The van der Waals surface area contributed by atoms with E-state index in [0.29, 0.717) is 12.5 Å². The molecular weight excluding hydrogens is 395 g/mol. The number of hydrogen-bond acceptors (Lipinski definition) is 3. The van der Waals surface area contributed by atoms with Gasteiger partial charge in [-0.1, -0.05) is 0 Å². The lowest BCUT2D eigenvalue weighted by molar-refractivity contribution is 0.0268. The van der Waals surface area contributed by atoms with Gasteiger partial charge in [-0.25, -0.2) is 4.98 Å². The first-order valence-electron chi connectivity index (χ1n) is 6.19. The van der Waals surface area contributed by atoms with Crippen molar-refractivity contribution < 1.29 is 13.5 Å². The van der Waals surface area contributed by atoms with E-state index in [1.165, 1.54) is 12.4 Å². The second kappa shape index (κ2) is 9.13. The van der Waals surface area contributed by atoms with E-state index >= 15 is 0 Å². The summed E-state index contributed by atoms with van der Waals surface area (Å²) < 4.78 is 31.4. The molecule has 1 rings (SSSR count). The third-order valence-electron chi connectivity index (χ3n) is 2.83. The third-order valence-corrected chi connectivity index (χ3v) is 2.83. The van der Waals surface area contributed by atoms with Gasteiger partial charge in [-0.05, 0) is 13.8 Å². The number of methoxy groups -OCH3 is 1. The van der Waals surface area contributed by atoms with E-state index in [9.17, 15) is 8.78 Å². The summed E-state index contributed by atoms with van der Waals surface area (Å²) >= 11 is 0. The zero-order valence-corrected chi connectivity index (χ0v) is 14.9. The molecule has 0 fully saturated rings. The molecule has 1 aromatic rings. The molecular formula is C12H22F2IN5O. The van der Waals surface area contributed by atoms with Crippen LogP contribution in [0.3, 0.4) is 0 Å². The van der Waals surface area contributed by atoms with Crippen LogP contribution in [0.15, 0.2) is 17.4 Å². The molecule has 0 unspecified atom stereocenters. The molecule has 0 aromatic carbocycles. The first-order valence-corrected chi connectivity index (χ1v) is 6.19. The zero-order chi connectivity index (χ0) is 15.2. The first kappa shape index (κ1) is 20.0. The normalized spacial score (nSPS) is 12.2. The highest BCUT2D eigenvalue weighted by atomic mass is 127. The van der Waals surface area contributed by atoms with E-state index < -0.39 is 6.55 Å². The van der Waals surface area contributed by atoms with E-state index in [4.69, 9.17) is 4.74 Å². The number of halogens is 3. The Hall–Kier alpha value is -0.970. The van der Waals surface area contributed by atoms with Crippen molar-refractivity contribution in [1.29, 1.82) is 0 Å². The van der Waals surface area contributed by atoms with Crippen molar-refractivity contribution >= 4 is 29.9 Å². The van der Waals surface area contributed by atoms with Crippen molar-refractivity contribution in [3.63, 3.8) is 0 Å². The van der Waals surface area contributed by atoms with Crippen molar-refractivity contribution in [3.05, 3.63) is 18.2 Å². The number of nitrogens with zero attached hydrogens (tertiary/aromatic N) is 3. The van der Waals surface area contributed by atoms with Gasteiger partial charge in [0.2, 0.25) is 0 Å². The van der Waals surface area contributed by atoms with E-state index in [-0.39, 0.29) is 41.9 Å². The molecule has 0 aliphatic heterocycles. The molecule has 0 atom stereocenters. The molecule has 0 amide bonds. The summed E-state index contributed by atoms with van der Waals surface area (Å²) in [6.07, 6.45) is 2.58. The number of nitrogens with one attached hydrogen (secondary N) is 2. The second-order valence-corrected chi connectivity index (χ2v) is 4.77. The highest BCUT2D eigenvalue weighted by Gasteiger charge is 2.17. The van der Waals surface area contributed by atoms with Gasteiger partial charge >= 0.3 is 6.55 Å². The number of guanidine groups is 1. The minimum atomic E-state index is -2.60. The fraction of sp³-hybridized carbons (Fsp3) is 0.667. The van der Waals surface area contributed by atoms with Gasteiger partial charge in [0.25, 0.3) is 0 Å². The number of ether oxygens (including phenoxy) is 1. The van der Waals surface area contributed by atoms with Gasteiger partial charge in [0.15, 0.2) is 5.96 Å². The maximum Gasteiger partial charge on any atom is 0.319 e. The Kier molecular flexibility index (Phi) is 8.71. The maximum absolute atomic E-state index is 12.7. The van der Waals surface area contributed by atoms with Crippen LogP contribution in [0.4, 0.5) is 8.78 Å². The maximum atomic E-state index is 12.7. The Labute approximate surface area is 140 Å². The molecule has 1 heterocycles. The highest BCUT2D eigenvalue weighted by Crippen LogP contribution is 2.11. The fourth-order valence-electron chi connectivity index (χ4n) is 1.41. The molecule has 0 saturated heterocycles. The van der Waals surface area contributed by atoms with Crippen LogP contribution in [0.1, 0.15) is 26.2 Å². The molecule has 122 valence electrons. The molecule has 0 aliphatic rings. The fourth-order valence-corrected chi connectivity index (χ4v) is 1.41. The quantitative estimate of drug-likeness (QED) is 0.422. The summed E-state index contributed by atoms with van der Waals surface area (Å²) in [6, 6.07) is 0. The SMILES string of the molecule is CN=C(NCc1nccn1C(F)F)NCC(C)(C)OC.I. The van der Waals surface area contributed by atoms with Crippen LogP contribution < -0.4 is 10.6 Å². The molecule has 21 heavy (non-hydrogen) atoms. The van der Waals surface area contributed by atoms with Crippen molar-refractivity contribution in [2.75, 3.05) is 20.7 Å². The van der Waals surface area contributed by atoms with Crippen molar-refractivity contribution in [3.8, 4) is 0 Å². The van der Waals surface area contributed by atoms with Crippen LogP contribution in [0.2, 0.25) is 0 Å². The molecule has 2 N–H and O–H groups in total. The van der Waals surface area contributed by atoms with Crippen LogP contribution in [0.25, 0.3) is 0 Å². The third kappa shape index (κ3) is 6.55. The lowest BCUT2D eigenvalue weighted by Gasteiger charge is -2.24. The molecule has 0 radical (unpaired) electrons. The minimum absolute atomic E-state index is 0. The molecule has 9 heteroatoms. The number of hydrogen-bond donors (Lipinski definition) is 2. The summed E-state index contributed by atoms with van der Waals surface area (Å²) in [4.78, 5) is 7.90.